The van der Waals surface area contributed by atoms with E-state index in [2.05, 4.69) is 15.3 Å². The van der Waals surface area contributed by atoms with Crippen molar-refractivity contribution < 1.29 is 14.3 Å². The maximum atomic E-state index is 14.0. The fraction of sp³-hybridized carbons (Fsp3) is 0.583. The van der Waals surface area contributed by atoms with Gasteiger partial charge in [0.2, 0.25) is 0 Å². The third-order valence-electron chi connectivity index (χ3n) is 3.38. The summed E-state index contributed by atoms with van der Waals surface area (Å²) in [5.41, 5.74) is -0.205. The highest BCUT2D eigenvalue weighted by molar-refractivity contribution is 5.69. The van der Waals surface area contributed by atoms with Crippen LogP contribution in [0.1, 0.15) is 38.3 Å². The first kappa shape index (κ1) is 12.7. The number of nitrogens with zero attached hydrogens (tertiary/aromatic N) is 2. The first-order valence-electron chi connectivity index (χ1n) is 6.06. The highest BCUT2D eigenvalue weighted by Gasteiger charge is 2.40. The molecule has 1 aliphatic carbocycles. The number of rotatable bonds is 5. The minimum Gasteiger partial charge on any atom is -0.481 e. The molecular formula is C12H16FN3O2. The van der Waals surface area contributed by atoms with E-state index in [4.69, 9.17) is 5.11 Å². The Morgan fingerprint density at radius 2 is 2.28 bits per heavy atom. The van der Waals surface area contributed by atoms with Crippen molar-refractivity contribution in [2.24, 2.45) is 0 Å². The Bertz CT molecular complexity index is 461. The van der Waals surface area contributed by atoms with Gasteiger partial charge in [0.05, 0.1) is 12.1 Å². The van der Waals surface area contributed by atoms with E-state index in [1.165, 1.54) is 6.33 Å². The summed E-state index contributed by atoms with van der Waals surface area (Å²) in [6, 6.07) is 0. The number of halogens is 1. The van der Waals surface area contributed by atoms with Crippen LogP contribution in [0.2, 0.25) is 0 Å². The van der Waals surface area contributed by atoms with Crippen LogP contribution >= 0.6 is 0 Å². The molecule has 2 N–H and O–H groups in total. The molecule has 1 aliphatic rings. The van der Waals surface area contributed by atoms with Crippen molar-refractivity contribution in [1.29, 1.82) is 0 Å². The molecule has 0 saturated heterocycles. The molecule has 1 aromatic rings. The van der Waals surface area contributed by atoms with Gasteiger partial charge in [-0.3, -0.25) is 4.79 Å². The molecule has 0 aliphatic heterocycles. The quantitative estimate of drug-likeness (QED) is 0.839. The van der Waals surface area contributed by atoms with Crippen LogP contribution in [0, 0.1) is 5.82 Å². The lowest BCUT2D eigenvalue weighted by molar-refractivity contribution is -0.138. The minimum atomic E-state index is -0.882. The number of anilines is 1. The molecule has 1 aromatic heterocycles. The van der Waals surface area contributed by atoms with Crippen LogP contribution < -0.4 is 5.32 Å². The summed E-state index contributed by atoms with van der Waals surface area (Å²) in [4.78, 5) is 18.6. The Morgan fingerprint density at radius 3 is 2.78 bits per heavy atom. The number of aliphatic carboxylic acids is 1. The van der Waals surface area contributed by atoms with Crippen LogP contribution in [0.25, 0.3) is 0 Å². The molecule has 98 valence electrons. The Hall–Kier alpha value is -1.72. The van der Waals surface area contributed by atoms with Crippen LogP contribution in [0.15, 0.2) is 6.33 Å². The zero-order valence-electron chi connectivity index (χ0n) is 10.2. The number of carboxylic acid groups (broad SMARTS) is 1. The van der Waals surface area contributed by atoms with Gasteiger partial charge in [-0.2, -0.15) is 0 Å². The molecule has 18 heavy (non-hydrogen) atoms. The first-order chi connectivity index (χ1) is 8.56. The van der Waals surface area contributed by atoms with Gasteiger partial charge in [-0.05, 0) is 25.7 Å². The fourth-order valence-corrected chi connectivity index (χ4v) is 2.23. The second kappa shape index (κ2) is 4.88. The van der Waals surface area contributed by atoms with E-state index in [0.717, 1.165) is 19.3 Å². The molecule has 6 heteroatoms. The summed E-state index contributed by atoms with van der Waals surface area (Å²) in [6.07, 6.45) is 4.17. The van der Waals surface area contributed by atoms with Crippen molar-refractivity contribution in [2.75, 3.05) is 5.32 Å². The summed E-state index contributed by atoms with van der Waals surface area (Å²) >= 11 is 0. The summed E-state index contributed by atoms with van der Waals surface area (Å²) in [5, 5.41) is 11.9. The smallest absolute Gasteiger partial charge is 0.305 e. The molecule has 0 amide bonds. The van der Waals surface area contributed by atoms with Gasteiger partial charge < -0.3 is 10.4 Å². The van der Waals surface area contributed by atoms with Crippen molar-refractivity contribution in [1.82, 2.24) is 9.97 Å². The summed E-state index contributed by atoms with van der Waals surface area (Å²) in [6.45, 7) is 1.81. The van der Waals surface area contributed by atoms with E-state index in [0.29, 0.717) is 12.1 Å². The topological polar surface area (TPSA) is 75.1 Å². The van der Waals surface area contributed by atoms with Gasteiger partial charge in [0, 0.05) is 5.54 Å². The molecular weight excluding hydrogens is 237 g/mol. The number of nitrogens with one attached hydrogen (secondary N) is 1. The van der Waals surface area contributed by atoms with Gasteiger partial charge in [0.25, 0.3) is 0 Å². The maximum absolute atomic E-state index is 14.0. The molecule has 0 spiro atoms. The van der Waals surface area contributed by atoms with Crippen LogP contribution in [0.3, 0.4) is 0 Å². The number of hydrogen-bond acceptors (Lipinski definition) is 4. The number of carboxylic acids is 1. The Labute approximate surface area is 104 Å². The minimum absolute atomic E-state index is 0.0160. The molecule has 0 aromatic carbocycles. The predicted molar refractivity (Wildman–Crippen MR) is 63.8 cm³/mol. The lowest BCUT2D eigenvalue weighted by Crippen LogP contribution is -2.47. The zero-order valence-corrected chi connectivity index (χ0v) is 10.2. The fourth-order valence-electron chi connectivity index (χ4n) is 2.23. The molecule has 5 nitrogen and oxygen atoms in total. The SMILES string of the molecule is CCc1ncnc(NC2(CC(=O)O)CCC2)c1F. The summed E-state index contributed by atoms with van der Waals surface area (Å²) in [7, 11) is 0. The average molecular weight is 253 g/mol. The Morgan fingerprint density at radius 1 is 1.56 bits per heavy atom. The predicted octanol–water partition coefficient (Wildman–Crippen LogP) is 1.99. The molecule has 1 heterocycles. The zero-order chi connectivity index (χ0) is 13.2. The molecule has 2 rings (SSSR count). The van der Waals surface area contributed by atoms with E-state index in [1.807, 2.05) is 6.92 Å². The lowest BCUT2D eigenvalue weighted by Gasteiger charge is -2.41. The maximum Gasteiger partial charge on any atom is 0.305 e. The van der Waals surface area contributed by atoms with Gasteiger partial charge in [0.15, 0.2) is 11.6 Å². The summed E-state index contributed by atoms with van der Waals surface area (Å²) < 4.78 is 14.0. The van der Waals surface area contributed by atoms with Crippen molar-refractivity contribution >= 4 is 11.8 Å². The van der Waals surface area contributed by atoms with Crippen LogP contribution in [-0.4, -0.2) is 26.6 Å². The van der Waals surface area contributed by atoms with Crippen molar-refractivity contribution in [3.63, 3.8) is 0 Å². The van der Waals surface area contributed by atoms with Crippen LogP contribution in [0.4, 0.5) is 10.2 Å². The van der Waals surface area contributed by atoms with Crippen molar-refractivity contribution in [3.05, 3.63) is 17.8 Å². The lowest BCUT2D eigenvalue weighted by atomic mass is 9.74. The van der Waals surface area contributed by atoms with E-state index >= 15 is 0 Å². The standard InChI is InChI=1S/C12H16FN3O2/c1-2-8-10(13)11(15-7-14-8)16-12(4-3-5-12)6-9(17)18/h7H,2-6H2,1H3,(H,17,18)(H,14,15,16). The van der Waals surface area contributed by atoms with Gasteiger partial charge in [-0.25, -0.2) is 14.4 Å². The van der Waals surface area contributed by atoms with E-state index in [9.17, 15) is 9.18 Å². The Kier molecular flexibility index (Phi) is 3.45. The average Bonchev–Trinajstić information content (AvgIpc) is 2.28. The second-order valence-corrected chi connectivity index (χ2v) is 4.67. The molecule has 0 radical (unpaired) electrons. The third-order valence-corrected chi connectivity index (χ3v) is 3.38. The molecule has 0 atom stereocenters. The van der Waals surface area contributed by atoms with Gasteiger partial charge in [0.1, 0.15) is 6.33 Å². The first-order valence-corrected chi connectivity index (χ1v) is 6.06. The van der Waals surface area contributed by atoms with E-state index in [-0.39, 0.29) is 12.2 Å². The molecule has 0 bridgehead atoms. The highest BCUT2D eigenvalue weighted by Crippen LogP contribution is 2.38. The van der Waals surface area contributed by atoms with Gasteiger partial charge in [-0.15, -0.1) is 0 Å². The highest BCUT2D eigenvalue weighted by atomic mass is 19.1. The second-order valence-electron chi connectivity index (χ2n) is 4.67. The molecule has 0 unspecified atom stereocenters. The van der Waals surface area contributed by atoms with E-state index in [1.54, 1.807) is 0 Å². The normalized spacial score (nSPS) is 17.0. The van der Waals surface area contributed by atoms with E-state index < -0.39 is 17.3 Å². The van der Waals surface area contributed by atoms with Crippen LogP contribution in [0.5, 0.6) is 0 Å². The van der Waals surface area contributed by atoms with Crippen LogP contribution in [-0.2, 0) is 11.2 Å². The largest absolute Gasteiger partial charge is 0.481 e. The third kappa shape index (κ3) is 2.42. The van der Waals surface area contributed by atoms with Gasteiger partial charge in [-0.1, -0.05) is 6.92 Å². The van der Waals surface area contributed by atoms with Gasteiger partial charge >= 0.3 is 5.97 Å². The monoisotopic (exact) mass is 253 g/mol. The molecule has 1 saturated carbocycles. The number of carbonyl (C=O) groups is 1. The number of hydrogen-bond donors (Lipinski definition) is 2. The number of aryl methyl sites for hydroxylation is 1. The number of aromatic nitrogens is 2. The Balaban J connectivity index is 2.20. The summed E-state index contributed by atoms with van der Waals surface area (Å²) in [5.74, 6) is -1.24. The van der Waals surface area contributed by atoms with Crippen molar-refractivity contribution in [3.8, 4) is 0 Å². The van der Waals surface area contributed by atoms with Crippen molar-refractivity contribution in [2.45, 2.75) is 44.6 Å². The molecule has 1 fully saturated rings.